The highest BCUT2D eigenvalue weighted by Gasteiger charge is 2.08. The van der Waals surface area contributed by atoms with Crippen LogP contribution in [0, 0.1) is 6.92 Å². The van der Waals surface area contributed by atoms with Crippen molar-refractivity contribution in [3.8, 4) is 5.69 Å². The first kappa shape index (κ1) is 14.4. The van der Waals surface area contributed by atoms with Gasteiger partial charge in [0.15, 0.2) is 0 Å². The summed E-state index contributed by atoms with van der Waals surface area (Å²) in [4.78, 5) is 4.88. The molecule has 3 nitrogen and oxygen atoms in total. The minimum Gasteiger partial charge on any atom is -0.317 e. The number of aromatic nitrogens is 2. The van der Waals surface area contributed by atoms with Crippen LogP contribution in [-0.4, -0.2) is 9.13 Å². The van der Waals surface area contributed by atoms with Crippen molar-refractivity contribution in [3.05, 3.63) is 78.2 Å². The lowest BCUT2D eigenvalue weighted by Gasteiger charge is -2.07. The van der Waals surface area contributed by atoms with Gasteiger partial charge in [-0.2, -0.15) is 0 Å². The van der Waals surface area contributed by atoms with Gasteiger partial charge < -0.3 is 4.57 Å². The van der Waals surface area contributed by atoms with Crippen LogP contribution in [0.15, 0.2) is 71.9 Å². The number of nitrogens with zero attached hydrogens (tertiary/aromatic N) is 3. The molecule has 3 rings (SSSR count). The second kappa shape index (κ2) is 6.48. The summed E-state index contributed by atoms with van der Waals surface area (Å²) in [5, 5.41) is 0. The van der Waals surface area contributed by atoms with Gasteiger partial charge in [-0.25, -0.2) is 4.99 Å². The van der Waals surface area contributed by atoms with Crippen LogP contribution in [-0.2, 0) is 6.54 Å². The van der Waals surface area contributed by atoms with Gasteiger partial charge >= 0.3 is 0 Å². The molecule has 0 aliphatic heterocycles. The fraction of sp³-hybridized carbons (Fsp3) is 0.211. The largest absolute Gasteiger partial charge is 0.317 e. The maximum absolute atomic E-state index is 4.88. The molecular weight excluding hydrogens is 270 g/mol. The lowest BCUT2D eigenvalue weighted by molar-refractivity contribution is 0.635. The fourth-order valence-corrected chi connectivity index (χ4v) is 2.66. The maximum Gasteiger partial charge on any atom is 0.215 e. The van der Waals surface area contributed by atoms with Gasteiger partial charge in [0.1, 0.15) is 0 Å². The molecule has 0 amide bonds. The highest BCUT2D eigenvalue weighted by molar-refractivity contribution is 5.37. The van der Waals surface area contributed by atoms with Gasteiger partial charge in [-0.3, -0.25) is 4.57 Å². The van der Waals surface area contributed by atoms with Gasteiger partial charge in [-0.1, -0.05) is 43.3 Å². The molecule has 1 aromatic heterocycles. The molecule has 1 heterocycles. The zero-order chi connectivity index (χ0) is 15.4. The molecule has 0 bridgehead atoms. The van der Waals surface area contributed by atoms with Crippen molar-refractivity contribution in [2.24, 2.45) is 4.99 Å². The Kier molecular flexibility index (Phi) is 4.24. The van der Waals surface area contributed by atoms with Crippen LogP contribution in [0.1, 0.15) is 19.0 Å². The number of hydrogen-bond acceptors (Lipinski definition) is 1. The van der Waals surface area contributed by atoms with E-state index in [0.29, 0.717) is 0 Å². The number of benzene rings is 2. The Hall–Kier alpha value is -2.55. The van der Waals surface area contributed by atoms with Crippen LogP contribution in [0.2, 0.25) is 0 Å². The number of rotatable bonds is 4. The molecule has 0 aliphatic carbocycles. The monoisotopic (exact) mass is 291 g/mol. The minimum atomic E-state index is 0.965. The molecule has 3 aromatic rings. The quantitative estimate of drug-likeness (QED) is 0.686. The van der Waals surface area contributed by atoms with Crippen LogP contribution in [0.4, 0.5) is 5.69 Å². The lowest BCUT2D eigenvalue weighted by Crippen LogP contribution is -2.25. The Morgan fingerprint density at radius 3 is 2.18 bits per heavy atom. The van der Waals surface area contributed by atoms with Crippen molar-refractivity contribution < 1.29 is 0 Å². The van der Waals surface area contributed by atoms with Gasteiger partial charge in [0.2, 0.25) is 5.62 Å². The number of para-hydroxylation sites is 2. The molecule has 22 heavy (non-hydrogen) atoms. The predicted molar refractivity (Wildman–Crippen MR) is 90.5 cm³/mol. The van der Waals surface area contributed by atoms with Crippen molar-refractivity contribution in [1.82, 2.24) is 9.13 Å². The average Bonchev–Trinajstić information content (AvgIpc) is 2.85. The molecule has 0 radical (unpaired) electrons. The molecule has 0 atom stereocenters. The molecule has 2 aromatic carbocycles. The molecule has 0 spiro atoms. The highest BCUT2D eigenvalue weighted by Crippen LogP contribution is 2.12. The molecular formula is C19H21N3. The topological polar surface area (TPSA) is 22.2 Å². The smallest absolute Gasteiger partial charge is 0.215 e. The molecule has 0 saturated heterocycles. The van der Waals surface area contributed by atoms with E-state index in [0.717, 1.165) is 30.0 Å². The van der Waals surface area contributed by atoms with Crippen molar-refractivity contribution in [2.75, 3.05) is 0 Å². The van der Waals surface area contributed by atoms with E-state index in [9.17, 15) is 0 Å². The Labute approximate surface area is 131 Å². The summed E-state index contributed by atoms with van der Waals surface area (Å²) in [5.74, 6) is 0. The van der Waals surface area contributed by atoms with Crippen LogP contribution >= 0.6 is 0 Å². The van der Waals surface area contributed by atoms with Crippen LogP contribution in [0.25, 0.3) is 5.69 Å². The number of hydrogen-bond donors (Lipinski definition) is 0. The normalized spacial score (nSPS) is 11.8. The Morgan fingerprint density at radius 2 is 1.55 bits per heavy atom. The van der Waals surface area contributed by atoms with Crippen LogP contribution in [0.5, 0.6) is 0 Å². The third kappa shape index (κ3) is 2.89. The van der Waals surface area contributed by atoms with E-state index in [1.165, 1.54) is 5.69 Å². The standard InChI is InChI=1S/C19H21N3/c1-3-14-21-15-16(2)22(18-12-8-5-9-13-18)19(21)20-17-10-6-4-7-11-17/h4-13,15H,3,14H2,1-2H3. The fourth-order valence-electron chi connectivity index (χ4n) is 2.66. The summed E-state index contributed by atoms with van der Waals surface area (Å²) < 4.78 is 4.44. The number of imidazole rings is 1. The molecule has 0 unspecified atom stereocenters. The van der Waals surface area contributed by atoms with Crippen molar-refractivity contribution in [3.63, 3.8) is 0 Å². The third-order valence-electron chi connectivity index (χ3n) is 3.62. The molecule has 112 valence electrons. The third-order valence-corrected chi connectivity index (χ3v) is 3.62. The SMILES string of the molecule is CCCn1cc(C)n(-c2ccccc2)c1=Nc1ccccc1. The molecule has 3 heteroatoms. The van der Waals surface area contributed by atoms with Crippen molar-refractivity contribution in [1.29, 1.82) is 0 Å². The summed E-state index contributed by atoms with van der Waals surface area (Å²) >= 11 is 0. The van der Waals surface area contributed by atoms with E-state index in [2.05, 4.69) is 53.4 Å². The van der Waals surface area contributed by atoms with Gasteiger partial charge in [-0.15, -0.1) is 0 Å². The van der Waals surface area contributed by atoms with E-state index in [1.807, 2.05) is 36.4 Å². The predicted octanol–water partition coefficient (Wildman–Crippen LogP) is 4.23. The van der Waals surface area contributed by atoms with E-state index in [1.54, 1.807) is 0 Å². The summed E-state index contributed by atoms with van der Waals surface area (Å²) in [6.45, 7) is 5.28. The Balaban J connectivity index is 2.24. The molecule has 0 fully saturated rings. The summed E-state index contributed by atoms with van der Waals surface area (Å²) in [5.41, 5.74) is 4.28. The molecule has 0 saturated carbocycles. The van der Waals surface area contributed by atoms with Crippen LogP contribution < -0.4 is 5.62 Å². The summed E-state index contributed by atoms with van der Waals surface area (Å²) in [6.07, 6.45) is 3.26. The Morgan fingerprint density at radius 1 is 0.909 bits per heavy atom. The minimum absolute atomic E-state index is 0.965. The van der Waals surface area contributed by atoms with Crippen molar-refractivity contribution in [2.45, 2.75) is 26.8 Å². The van der Waals surface area contributed by atoms with Crippen molar-refractivity contribution >= 4 is 5.69 Å². The van der Waals surface area contributed by atoms with Gasteiger partial charge in [0.05, 0.1) is 5.69 Å². The van der Waals surface area contributed by atoms with Gasteiger partial charge in [0, 0.05) is 24.1 Å². The van der Waals surface area contributed by atoms with Crippen LogP contribution in [0.3, 0.4) is 0 Å². The molecule has 0 N–H and O–H groups in total. The maximum atomic E-state index is 4.88. The first-order valence-corrected chi connectivity index (χ1v) is 7.73. The highest BCUT2D eigenvalue weighted by atomic mass is 15.2. The average molecular weight is 291 g/mol. The summed E-state index contributed by atoms with van der Waals surface area (Å²) in [7, 11) is 0. The Bertz CT molecular complexity index is 796. The van der Waals surface area contributed by atoms with E-state index in [4.69, 9.17) is 4.99 Å². The van der Waals surface area contributed by atoms with E-state index in [-0.39, 0.29) is 0 Å². The first-order valence-electron chi connectivity index (χ1n) is 7.73. The number of aryl methyl sites for hydroxylation is 2. The van der Waals surface area contributed by atoms with E-state index < -0.39 is 0 Å². The van der Waals surface area contributed by atoms with E-state index >= 15 is 0 Å². The summed E-state index contributed by atoms with van der Waals surface area (Å²) in [6, 6.07) is 20.5. The zero-order valence-electron chi connectivity index (χ0n) is 13.1. The zero-order valence-corrected chi connectivity index (χ0v) is 13.1. The molecule has 0 aliphatic rings. The second-order valence-corrected chi connectivity index (χ2v) is 5.38. The second-order valence-electron chi connectivity index (χ2n) is 5.38. The van der Waals surface area contributed by atoms with Gasteiger partial charge in [0.25, 0.3) is 0 Å². The first-order chi connectivity index (χ1) is 10.8. The van der Waals surface area contributed by atoms with Gasteiger partial charge in [-0.05, 0) is 37.6 Å². The lowest BCUT2D eigenvalue weighted by atomic mass is 10.3.